The molecule has 1 aliphatic heterocycles. The minimum absolute atomic E-state index is 0.0570. The van der Waals surface area contributed by atoms with Gasteiger partial charge in [-0.15, -0.1) is 0 Å². The molecule has 188 valence electrons. The number of benzene rings is 2. The summed E-state index contributed by atoms with van der Waals surface area (Å²) in [6.45, 7) is 5.71. The van der Waals surface area contributed by atoms with Crippen LogP contribution in [0, 0.1) is 6.92 Å². The molecule has 37 heavy (non-hydrogen) atoms. The highest BCUT2D eigenvalue weighted by Gasteiger charge is 2.48. The Morgan fingerprint density at radius 2 is 1.92 bits per heavy atom. The Morgan fingerprint density at radius 1 is 1.11 bits per heavy atom. The van der Waals surface area contributed by atoms with E-state index < -0.39 is 17.7 Å². The van der Waals surface area contributed by atoms with Gasteiger partial charge < -0.3 is 14.6 Å². The molecule has 0 radical (unpaired) electrons. The molecule has 1 aliphatic rings. The van der Waals surface area contributed by atoms with Gasteiger partial charge in [-0.1, -0.05) is 29.5 Å². The molecule has 0 saturated carbocycles. The number of fused-ring (bicyclic) bond motifs is 1. The zero-order valence-electron chi connectivity index (χ0n) is 20.8. The first-order valence-electron chi connectivity index (χ1n) is 11.7. The van der Waals surface area contributed by atoms with Gasteiger partial charge in [-0.3, -0.25) is 19.5 Å². The van der Waals surface area contributed by atoms with E-state index in [0.717, 1.165) is 10.3 Å². The number of ketones is 1. The normalized spacial score (nSPS) is 17.1. The van der Waals surface area contributed by atoms with E-state index in [1.807, 2.05) is 32.9 Å². The number of aryl methyl sites for hydroxylation is 1. The highest BCUT2D eigenvalue weighted by Crippen LogP contribution is 2.44. The molecule has 9 heteroatoms. The summed E-state index contributed by atoms with van der Waals surface area (Å²) >= 11 is 1.27. The highest BCUT2D eigenvalue weighted by atomic mass is 32.1. The smallest absolute Gasteiger partial charge is 0.301 e. The highest BCUT2D eigenvalue weighted by molar-refractivity contribution is 7.22. The third-order valence-corrected chi connectivity index (χ3v) is 7.01. The number of hydrogen-bond donors (Lipinski definition) is 1. The molecule has 1 atom stereocenters. The Hall–Kier alpha value is -4.24. The van der Waals surface area contributed by atoms with Gasteiger partial charge in [-0.25, -0.2) is 4.98 Å². The van der Waals surface area contributed by atoms with Crippen molar-refractivity contribution in [1.82, 2.24) is 9.97 Å². The van der Waals surface area contributed by atoms with Gasteiger partial charge in [-0.05, 0) is 62.7 Å². The zero-order chi connectivity index (χ0) is 26.3. The molecule has 4 aromatic rings. The second-order valence-electron chi connectivity index (χ2n) is 8.90. The maximum absolute atomic E-state index is 13.4. The van der Waals surface area contributed by atoms with Crippen molar-refractivity contribution < 1.29 is 24.2 Å². The van der Waals surface area contributed by atoms with Crippen molar-refractivity contribution in [2.75, 3.05) is 12.0 Å². The van der Waals surface area contributed by atoms with Crippen LogP contribution in [0.3, 0.4) is 0 Å². The summed E-state index contributed by atoms with van der Waals surface area (Å²) in [7, 11) is 1.59. The molecule has 2 aromatic heterocycles. The molecule has 1 unspecified atom stereocenters. The van der Waals surface area contributed by atoms with Crippen molar-refractivity contribution in [3.05, 3.63) is 83.2 Å². The number of carbonyl (C=O) groups excluding carboxylic acids is 2. The van der Waals surface area contributed by atoms with Gasteiger partial charge in [0.15, 0.2) is 5.13 Å². The number of methoxy groups -OCH3 is 1. The minimum atomic E-state index is -0.959. The average Bonchev–Trinajstić information content (AvgIpc) is 3.40. The second-order valence-corrected chi connectivity index (χ2v) is 9.91. The van der Waals surface area contributed by atoms with E-state index >= 15 is 0 Å². The van der Waals surface area contributed by atoms with E-state index in [4.69, 9.17) is 9.47 Å². The summed E-state index contributed by atoms with van der Waals surface area (Å²) in [5, 5.41) is 11.7. The van der Waals surface area contributed by atoms with Crippen LogP contribution in [-0.2, 0) is 9.59 Å². The van der Waals surface area contributed by atoms with E-state index in [9.17, 15) is 14.7 Å². The zero-order valence-corrected chi connectivity index (χ0v) is 21.6. The van der Waals surface area contributed by atoms with Gasteiger partial charge in [0.2, 0.25) is 0 Å². The third kappa shape index (κ3) is 4.42. The van der Waals surface area contributed by atoms with Crippen molar-refractivity contribution in [2.45, 2.75) is 32.9 Å². The lowest BCUT2D eigenvalue weighted by Gasteiger charge is -2.22. The molecule has 3 heterocycles. The van der Waals surface area contributed by atoms with Crippen LogP contribution in [0.15, 0.2) is 66.4 Å². The largest absolute Gasteiger partial charge is 0.507 e. The number of aliphatic hydroxyl groups is 1. The van der Waals surface area contributed by atoms with Crippen LogP contribution in [0.4, 0.5) is 5.13 Å². The van der Waals surface area contributed by atoms with Crippen LogP contribution in [0.2, 0.25) is 0 Å². The van der Waals surface area contributed by atoms with Crippen molar-refractivity contribution in [2.24, 2.45) is 0 Å². The third-order valence-electron chi connectivity index (χ3n) is 5.99. The van der Waals surface area contributed by atoms with E-state index in [2.05, 4.69) is 9.97 Å². The van der Waals surface area contributed by atoms with Crippen molar-refractivity contribution in [3.63, 3.8) is 0 Å². The number of aromatic nitrogens is 2. The molecule has 0 aliphatic carbocycles. The Morgan fingerprint density at radius 3 is 2.62 bits per heavy atom. The number of nitrogens with zero attached hydrogens (tertiary/aromatic N) is 3. The lowest BCUT2D eigenvalue weighted by molar-refractivity contribution is -0.132. The number of amides is 1. The van der Waals surface area contributed by atoms with E-state index in [-0.39, 0.29) is 17.4 Å². The van der Waals surface area contributed by atoms with Gasteiger partial charge >= 0.3 is 5.91 Å². The van der Waals surface area contributed by atoms with E-state index in [0.29, 0.717) is 33.4 Å². The maximum atomic E-state index is 13.4. The summed E-state index contributed by atoms with van der Waals surface area (Å²) in [5.74, 6) is -0.650. The topological polar surface area (TPSA) is 102 Å². The number of aliphatic hydroxyl groups excluding tert-OH is 1. The van der Waals surface area contributed by atoms with Crippen molar-refractivity contribution in [3.8, 4) is 11.5 Å². The summed E-state index contributed by atoms with van der Waals surface area (Å²) < 4.78 is 12.0. The van der Waals surface area contributed by atoms with Crippen LogP contribution >= 0.6 is 11.3 Å². The number of rotatable bonds is 6. The molecule has 5 rings (SSSR count). The Labute approximate surface area is 217 Å². The number of pyridine rings is 1. The molecular formula is C28H25N3O5S. The standard InChI is InChI=1S/C28H25N3O5S/c1-15(2)36-18-9-7-8-17(13-18)25(32)23-24(19-10-5-6-11-29-19)31(27(34)26(23)33)28-30-20-12-16(3)21(35-4)14-22(20)37-28/h5-15,24,32H,1-4H3/b25-23+. The van der Waals surface area contributed by atoms with Crippen LogP contribution in [-0.4, -0.2) is 40.0 Å². The van der Waals surface area contributed by atoms with Gasteiger partial charge in [-0.2, -0.15) is 0 Å². The molecular weight excluding hydrogens is 490 g/mol. The fourth-order valence-electron chi connectivity index (χ4n) is 4.36. The maximum Gasteiger partial charge on any atom is 0.301 e. The molecule has 2 aromatic carbocycles. The summed E-state index contributed by atoms with van der Waals surface area (Å²) in [5.41, 5.74) is 2.32. The Bertz CT molecular complexity index is 1540. The van der Waals surface area contributed by atoms with Crippen molar-refractivity contribution >= 4 is 44.1 Å². The molecule has 8 nitrogen and oxygen atoms in total. The predicted octanol–water partition coefficient (Wildman–Crippen LogP) is 5.42. The quantitative estimate of drug-likeness (QED) is 0.208. The molecule has 1 saturated heterocycles. The van der Waals surface area contributed by atoms with Gasteiger partial charge in [0.1, 0.15) is 23.3 Å². The average molecular weight is 516 g/mol. The molecule has 1 fully saturated rings. The monoisotopic (exact) mass is 515 g/mol. The fraction of sp³-hybridized carbons (Fsp3) is 0.214. The first-order valence-corrected chi connectivity index (χ1v) is 12.5. The van der Waals surface area contributed by atoms with Crippen LogP contribution in [0.5, 0.6) is 11.5 Å². The molecule has 1 N–H and O–H groups in total. The van der Waals surface area contributed by atoms with Crippen molar-refractivity contribution in [1.29, 1.82) is 0 Å². The molecule has 0 spiro atoms. The van der Waals surface area contributed by atoms with Crippen LogP contribution in [0.25, 0.3) is 16.0 Å². The summed E-state index contributed by atoms with van der Waals surface area (Å²) in [6.07, 6.45) is 1.51. The SMILES string of the molecule is COc1cc2sc(N3C(=O)C(=O)/C(=C(/O)c4cccc(OC(C)C)c4)C3c3ccccn3)nc2cc1C. The second kappa shape index (κ2) is 9.67. The number of Topliss-reactive ketones (excluding diaryl/α,β-unsaturated/α-hetero) is 1. The minimum Gasteiger partial charge on any atom is -0.507 e. The van der Waals surface area contributed by atoms with E-state index in [1.54, 1.807) is 55.8 Å². The summed E-state index contributed by atoms with van der Waals surface area (Å²) in [6, 6.07) is 14.8. The molecule has 0 bridgehead atoms. The van der Waals surface area contributed by atoms with Gasteiger partial charge in [0, 0.05) is 11.8 Å². The Balaban J connectivity index is 1.68. The fourth-order valence-corrected chi connectivity index (χ4v) is 5.36. The number of thiazole rings is 1. The lowest BCUT2D eigenvalue weighted by Crippen LogP contribution is -2.29. The lowest BCUT2D eigenvalue weighted by atomic mass is 9.98. The van der Waals surface area contributed by atoms with Gasteiger partial charge in [0.25, 0.3) is 5.78 Å². The van der Waals surface area contributed by atoms with Crippen LogP contribution in [0.1, 0.15) is 36.7 Å². The van der Waals surface area contributed by atoms with E-state index in [1.165, 1.54) is 16.2 Å². The number of hydrogen-bond acceptors (Lipinski definition) is 8. The van der Waals surface area contributed by atoms with Crippen LogP contribution < -0.4 is 14.4 Å². The number of anilines is 1. The summed E-state index contributed by atoms with van der Waals surface area (Å²) in [4.78, 5) is 37.3. The number of ether oxygens (including phenoxy) is 2. The Kier molecular flexibility index (Phi) is 6.39. The first kappa shape index (κ1) is 24.5. The predicted molar refractivity (Wildman–Crippen MR) is 142 cm³/mol. The molecule has 1 amide bonds. The van der Waals surface area contributed by atoms with Gasteiger partial charge in [0.05, 0.1) is 34.7 Å². The first-order chi connectivity index (χ1) is 17.8. The number of carbonyl (C=O) groups is 2.